The van der Waals surface area contributed by atoms with Crippen LogP contribution in [-0.2, 0) is 0 Å². The van der Waals surface area contributed by atoms with E-state index in [0.717, 1.165) is 12.1 Å². The standard InChI is InChI=1S/C13H27N3/c1-3-15-7-9-16(10-8-15)13-6-4-5-12(11-13)14-2/h12-14H,3-11H2,1-2H3/t12-,13?/m1/s1. The van der Waals surface area contributed by atoms with Crippen LogP contribution in [0.4, 0.5) is 0 Å². The van der Waals surface area contributed by atoms with Crippen molar-refractivity contribution in [1.82, 2.24) is 15.1 Å². The van der Waals surface area contributed by atoms with Gasteiger partial charge < -0.3 is 10.2 Å². The summed E-state index contributed by atoms with van der Waals surface area (Å²) in [5.41, 5.74) is 0. The summed E-state index contributed by atoms with van der Waals surface area (Å²) in [6.07, 6.45) is 5.57. The van der Waals surface area contributed by atoms with Crippen molar-refractivity contribution >= 4 is 0 Å². The zero-order valence-electron chi connectivity index (χ0n) is 10.9. The summed E-state index contributed by atoms with van der Waals surface area (Å²) in [5, 5.41) is 3.46. The third-order valence-corrected chi connectivity index (χ3v) is 4.43. The van der Waals surface area contributed by atoms with Crippen LogP contribution in [0, 0.1) is 0 Å². The van der Waals surface area contributed by atoms with Gasteiger partial charge >= 0.3 is 0 Å². The Kier molecular flexibility index (Phi) is 4.62. The molecule has 0 aromatic heterocycles. The third kappa shape index (κ3) is 2.96. The highest BCUT2D eigenvalue weighted by Crippen LogP contribution is 2.23. The molecule has 0 bridgehead atoms. The smallest absolute Gasteiger partial charge is 0.0113 e. The largest absolute Gasteiger partial charge is 0.317 e. The Hall–Kier alpha value is -0.120. The summed E-state index contributed by atoms with van der Waals surface area (Å²) in [6.45, 7) is 8.61. The number of likely N-dealkylation sites (N-methyl/N-ethyl adjacent to an activating group) is 1. The van der Waals surface area contributed by atoms with Gasteiger partial charge in [-0.1, -0.05) is 13.3 Å². The summed E-state index contributed by atoms with van der Waals surface area (Å²) in [4.78, 5) is 5.30. The predicted octanol–water partition coefficient (Wildman–Crippen LogP) is 1.15. The molecule has 0 amide bonds. The molecule has 0 spiro atoms. The minimum absolute atomic E-state index is 0.767. The van der Waals surface area contributed by atoms with E-state index in [9.17, 15) is 0 Å². The van der Waals surface area contributed by atoms with E-state index >= 15 is 0 Å². The van der Waals surface area contributed by atoms with Crippen molar-refractivity contribution in [2.24, 2.45) is 0 Å². The SMILES string of the molecule is CCN1CCN(C2CCC[C@@H](NC)C2)CC1. The summed E-state index contributed by atoms with van der Waals surface area (Å²) in [6, 6.07) is 1.62. The highest BCUT2D eigenvalue weighted by Gasteiger charge is 2.27. The van der Waals surface area contributed by atoms with Gasteiger partial charge in [-0.25, -0.2) is 0 Å². The van der Waals surface area contributed by atoms with Gasteiger partial charge in [0.1, 0.15) is 0 Å². The Bertz CT molecular complexity index is 199. The molecule has 2 fully saturated rings. The molecule has 2 rings (SSSR count). The fourth-order valence-corrected chi connectivity index (χ4v) is 3.20. The van der Waals surface area contributed by atoms with Crippen LogP contribution in [-0.4, -0.2) is 61.7 Å². The van der Waals surface area contributed by atoms with Crippen LogP contribution in [0.15, 0.2) is 0 Å². The van der Waals surface area contributed by atoms with E-state index in [1.165, 1.54) is 58.4 Å². The average molecular weight is 225 g/mol. The molecule has 2 atom stereocenters. The quantitative estimate of drug-likeness (QED) is 0.777. The van der Waals surface area contributed by atoms with Gasteiger partial charge in [0.2, 0.25) is 0 Å². The molecule has 3 nitrogen and oxygen atoms in total. The first-order valence-corrected chi connectivity index (χ1v) is 6.97. The summed E-state index contributed by atoms with van der Waals surface area (Å²) in [7, 11) is 2.11. The molecular formula is C13H27N3. The maximum absolute atomic E-state index is 3.46. The van der Waals surface area contributed by atoms with Gasteiger partial charge in [-0.2, -0.15) is 0 Å². The minimum atomic E-state index is 0.767. The molecule has 2 aliphatic rings. The zero-order chi connectivity index (χ0) is 11.4. The molecule has 1 aliphatic carbocycles. The highest BCUT2D eigenvalue weighted by molar-refractivity contribution is 4.85. The molecule has 1 unspecified atom stereocenters. The number of hydrogen-bond donors (Lipinski definition) is 1. The monoisotopic (exact) mass is 225 g/mol. The topological polar surface area (TPSA) is 18.5 Å². The molecule has 0 aromatic carbocycles. The van der Waals surface area contributed by atoms with E-state index < -0.39 is 0 Å². The van der Waals surface area contributed by atoms with Crippen LogP contribution in [0.25, 0.3) is 0 Å². The first kappa shape index (κ1) is 12.3. The Labute approximate surface area is 100 Å². The highest BCUT2D eigenvalue weighted by atomic mass is 15.3. The predicted molar refractivity (Wildman–Crippen MR) is 68.8 cm³/mol. The van der Waals surface area contributed by atoms with Crippen LogP contribution in [0.1, 0.15) is 32.6 Å². The molecule has 16 heavy (non-hydrogen) atoms. The Morgan fingerprint density at radius 3 is 2.50 bits per heavy atom. The molecular weight excluding hydrogens is 198 g/mol. The van der Waals surface area contributed by atoms with Gasteiger partial charge in [-0.05, 0) is 32.9 Å². The minimum Gasteiger partial charge on any atom is -0.317 e. The lowest BCUT2D eigenvalue weighted by Gasteiger charge is -2.42. The number of nitrogens with one attached hydrogen (secondary N) is 1. The zero-order valence-corrected chi connectivity index (χ0v) is 10.9. The number of rotatable bonds is 3. The molecule has 94 valence electrons. The van der Waals surface area contributed by atoms with Crippen molar-refractivity contribution < 1.29 is 0 Å². The third-order valence-electron chi connectivity index (χ3n) is 4.43. The van der Waals surface area contributed by atoms with Crippen molar-refractivity contribution in [3.8, 4) is 0 Å². The Morgan fingerprint density at radius 2 is 1.88 bits per heavy atom. The molecule has 0 radical (unpaired) electrons. The maximum Gasteiger partial charge on any atom is 0.0113 e. The fraction of sp³-hybridized carbons (Fsp3) is 1.00. The summed E-state index contributed by atoms with van der Waals surface area (Å²) >= 11 is 0. The Morgan fingerprint density at radius 1 is 1.12 bits per heavy atom. The van der Waals surface area contributed by atoms with E-state index in [4.69, 9.17) is 0 Å². The van der Waals surface area contributed by atoms with Gasteiger partial charge in [0.15, 0.2) is 0 Å². The summed E-state index contributed by atoms with van der Waals surface area (Å²) in [5.74, 6) is 0. The molecule has 1 saturated heterocycles. The van der Waals surface area contributed by atoms with Gasteiger partial charge in [0.25, 0.3) is 0 Å². The van der Waals surface area contributed by atoms with Crippen LogP contribution in [0.5, 0.6) is 0 Å². The molecule has 1 aliphatic heterocycles. The van der Waals surface area contributed by atoms with E-state index in [0.29, 0.717) is 0 Å². The molecule has 1 heterocycles. The van der Waals surface area contributed by atoms with Crippen molar-refractivity contribution in [3.63, 3.8) is 0 Å². The summed E-state index contributed by atoms with van der Waals surface area (Å²) < 4.78 is 0. The average Bonchev–Trinajstić information content (AvgIpc) is 2.39. The first-order valence-electron chi connectivity index (χ1n) is 6.97. The van der Waals surface area contributed by atoms with E-state index in [1.807, 2.05) is 0 Å². The van der Waals surface area contributed by atoms with Crippen molar-refractivity contribution in [3.05, 3.63) is 0 Å². The van der Waals surface area contributed by atoms with Crippen LogP contribution >= 0.6 is 0 Å². The van der Waals surface area contributed by atoms with Crippen LogP contribution < -0.4 is 5.32 Å². The lowest BCUT2D eigenvalue weighted by atomic mass is 9.89. The van der Waals surface area contributed by atoms with E-state index in [1.54, 1.807) is 0 Å². The number of piperazine rings is 1. The van der Waals surface area contributed by atoms with Crippen molar-refractivity contribution in [2.45, 2.75) is 44.7 Å². The van der Waals surface area contributed by atoms with Crippen LogP contribution in [0.2, 0.25) is 0 Å². The second-order valence-corrected chi connectivity index (χ2v) is 5.28. The second kappa shape index (κ2) is 5.99. The van der Waals surface area contributed by atoms with Gasteiger partial charge in [0, 0.05) is 38.3 Å². The lowest BCUT2D eigenvalue weighted by molar-refractivity contribution is 0.0750. The Balaban J connectivity index is 1.79. The van der Waals surface area contributed by atoms with Crippen molar-refractivity contribution in [1.29, 1.82) is 0 Å². The molecule has 0 aromatic rings. The molecule has 1 N–H and O–H groups in total. The lowest BCUT2D eigenvalue weighted by Crippen LogP contribution is -2.52. The second-order valence-electron chi connectivity index (χ2n) is 5.28. The number of hydrogen-bond acceptors (Lipinski definition) is 3. The van der Waals surface area contributed by atoms with Crippen molar-refractivity contribution in [2.75, 3.05) is 39.8 Å². The van der Waals surface area contributed by atoms with Crippen LogP contribution in [0.3, 0.4) is 0 Å². The maximum atomic E-state index is 3.46. The van der Waals surface area contributed by atoms with E-state index in [-0.39, 0.29) is 0 Å². The van der Waals surface area contributed by atoms with E-state index in [2.05, 4.69) is 29.1 Å². The first-order chi connectivity index (χ1) is 7.83. The normalized spacial score (nSPS) is 34.1. The van der Waals surface area contributed by atoms with Gasteiger partial charge in [-0.15, -0.1) is 0 Å². The van der Waals surface area contributed by atoms with Gasteiger partial charge in [-0.3, -0.25) is 4.90 Å². The molecule has 1 saturated carbocycles. The fourth-order valence-electron chi connectivity index (χ4n) is 3.20. The number of nitrogens with zero attached hydrogens (tertiary/aromatic N) is 2. The van der Waals surface area contributed by atoms with Gasteiger partial charge in [0.05, 0.1) is 0 Å². The molecule has 3 heteroatoms.